The predicted octanol–water partition coefficient (Wildman–Crippen LogP) is 2.26. The smallest absolute Gasteiger partial charge is 0.176 e. The van der Waals surface area contributed by atoms with E-state index in [0.717, 1.165) is 6.26 Å². The van der Waals surface area contributed by atoms with Crippen molar-refractivity contribution in [3.8, 4) is 16.9 Å². The highest BCUT2D eigenvalue weighted by Gasteiger charge is 2.13. The van der Waals surface area contributed by atoms with Crippen molar-refractivity contribution in [1.29, 1.82) is 0 Å². The lowest BCUT2D eigenvalue weighted by atomic mass is 10.1. The maximum absolute atomic E-state index is 11.6. The van der Waals surface area contributed by atoms with Crippen molar-refractivity contribution in [2.45, 2.75) is 4.90 Å². The zero-order valence-corrected chi connectivity index (χ0v) is 10.0. The van der Waals surface area contributed by atoms with Crippen LogP contribution in [0.2, 0.25) is 0 Å². The van der Waals surface area contributed by atoms with Crippen LogP contribution in [-0.2, 0) is 9.84 Å². The minimum absolute atomic E-state index is 0.106. The van der Waals surface area contributed by atoms with Gasteiger partial charge in [0.05, 0.1) is 4.90 Å². The second-order valence-electron chi connectivity index (χ2n) is 3.74. The van der Waals surface area contributed by atoms with Gasteiger partial charge in [0, 0.05) is 11.8 Å². The van der Waals surface area contributed by atoms with Gasteiger partial charge < -0.3 is 5.11 Å². The van der Waals surface area contributed by atoms with E-state index in [9.17, 15) is 13.5 Å². The molecule has 1 radical (unpaired) electrons. The number of sulfone groups is 1. The van der Waals surface area contributed by atoms with Crippen molar-refractivity contribution in [3.05, 3.63) is 48.5 Å². The first-order valence-electron chi connectivity index (χ1n) is 4.98. The van der Waals surface area contributed by atoms with E-state index in [2.05, 4.69) is 6.07 Å². The molecule has 3 nitrogen and oxygen atoms in total. The molecule has 2 aromatic carbocycles. The van der Waals surface area contributed by atoms with Gasteiger partial charge in [-0.1, -0.05) is 24.3 Å². The summed E-state index contributed by atoms with van der Waals surface area (Å²) in [6.07, 6.45) is 1.16. The fourth-order valence-corrected chi connectivity index (χ4v) is 2.50. The molecule has 0 bridgehead atoms. The Morgan fingerprint density at radius 1 is 1.24 bits per heavy atom. The molecule has 0 aliphatic rings. The van der Waals surface area contributed by atoms with Crippen LogP contribution in [-0.4, -0.2) is 19.8 Å². The Hall–Kier alpha value is -1.81. The standard InChI is InChI=1S/C13H11O3S/c1-17(15,16)13-8-3-2-7-12(13)10-5-4-6-11(14)9-10/h2,4-9,14H,1H3. The summed E-state index contributed by atoms with van der Waals surface area (Å²) in [4.78, 5) is 0.214. The van der Waals surface area contributed by atoms with Gasteiger partial charge in [-0.15, -0.1) is 0 Å². The van der Waals surface area contributed by atoms with E-state index in [4.69, 9.17) is 0 Å². The maximum Gasteiger partial charge on any atom is 0.176 e. The van der Waals surface area contributed by atoms with Crippen LogP contribution in [0.3, 0.4) is 0 Å². The Balaban J connectivity index is 2.69. The van der Waals surface area contributed by atoms with Crippen molar-refractivity contribution in [1.82, 2.24) is 0 Å². The number of benzene rings is 2. The van der Waals surface area contributed by atoms with Gasteiger partial charge in [0.1, 0.15) is 5.75 Å². The van der Waals surface area contributed by atoms with E-state index < -0.39 is 9.84 Å². The highest BCUT2D eigenvalue weighted by Crippen LogP contribution is 2.28. The lowest BCUT2D eigenvalue weighted by molar-refractivity contribution is 0.475. The minimum atomic E-state index is -3.31. The Labute approximate surface area is 100 Å². The molecule has 0 saturated carbocycles. The van der Waals surface area contributed by atoms with Gasteiger partial charge in [-0.05, 0) is 29.8 Å². The summed E-state index contributed by atoms with van der Waals surface area (Å²) in [7, 11) is -3.31. The summed E-state index contributed by atoms with van der Waals surface area (Å²) in [6, 6.07) is 14.0. The molecule has 0 atom stereocenters. The van der Waals surface area contributed by atoms with Crippen LogP contribution in [0.4, 0.5) is 0 Å². The van der Waals surface area contributed by atoms with Gasteiger partial charge in [-0.3, -0.25) is 0 Å². The topological polar surface area (TPSA) is 54.4 Å². The molecular weight excluding hydrogens is 236 g/mol. The number of rotatable bonds is 2. The summed E-state index contributed by atoms with van der Waals surface area (Å²) >= 11 is 0. The highest BCUT2D eigenvalue weighted by molar-refractivity contribution is 7.90. The normalized spacial score (nSPS) is 11.4. The van der Waals surface area contributed by atoms with Crippen molar-refractivity contribution < 1.29 is 13.5 Å². The van der Waals surface area contributed by atoms with Gasteiger partial charge in [0.25, 0.3) is 0 Å². The third-order valence-corrected chi connectivity index (χ3v) is 3.52. The Morgan fingerprint density at radius 3 is 2.65 bits per heavy atom. The monoisotopic (exact) mass is 247 g/mol. The summed E-state index contributed by atoms with van der Waals surface area (Å²) in [6.45, 7) is 0. The molecule has 0 aromatic heterocycles. The second kappa shape index (κ2) is 4.22. The Morgan fingerprint density at radius 2 is 2.00 bits per heavy atom. The van der Waals surface area contributed by atoms with Crippen LogP contribution >= 0.6 is 0 Å². The van der Waals surface area contributed by atoms with E-state index in [-0.39, 0.29) is 10.6 Å². The first-order chi connectivity index (χ1) is 7.98. The van der Waals surface area contributed by atoms with E-state index in [1.807, 2.05) is 0 Å². The zero-order valence-electron chi connectivity index (χ0n) is 9.21. The van der Waals surface area contributed by atoms with E-state index in [1.54, 1.807) is 30.3 Å². The maximum atomic E-state index is 11.6. The average Bonchev–Trinajstić information content (AvgIpc) is 2.28. The van der Waals surface area contributed by atoms with E-state index >= 15 is 0 Å². The fourth-order valence-electron chi connectivity index (χ4n) is 1.63. The van der Waals surface area contributed by atoms with Crippen LogP contribution in [0.5, 0.6) is 5.75 Å². The molecule has 0 fully saturated rings. The van der Waals surface area contributed by atoms with Gasteiger partial charge >= 0.3 is 0 Å². The molecule has 4 heteroatoms. The molecule has 0 heterocycles. The average molecular weight is 247 g/mol. The van der Waals surface area contributed by atoms with Crippen LogP contribution in [0.15, 0.2) is 47.4 Å². The molecule has 0 spiro atoms. The molecule has 87 valence electrons. The largest absolute Gasteiger partial charge is 0.508 e. The minimum Gasteiger partial charge on any atom is -0.508 e. The van der Waals surface area contributed by atoms with Crippen LogP contribution in [0.25, 0.3) is 11.1 Å². The summed E-state index contributed by atoms with van der Waals surface area (Å²) in [5, 5.41) is 9.41. The molecule has 2 rings (SSSR count). The lowest BCUT2D eigenvalue weighted by Crippen LogP contribution is -1.99. The van der Waals surface area contributed by atoms with Gasteiger partial charge in [-0.25, -0.2) is 8.42 Å². The van der Waals surface area contributed by atoms with Gasteiger partial charge in [0.15, 0.2) is 9.84 Å². The van der Waals surface area contributed by atoms with Gasteiger partial charge in [0.2, 0.25) is 0 Å². The van der Waals surface area contributed by atoms with Crippen molar-refractivity contribution in [2.75, 3.05) is 6.26 Å². The Bertz CT molecular complexity index is 645. The summed E-state index contributed by atoms with van der Waals surface area (Å²) in [5.41, 5.74) is 1.24. The van der Waals surface area contributed by atoms with Crippen molar-refractivity contribution in [3.63, 3.8) is 0 Å². The summed E-state index contributed by atoms with van der Waals surface area (Å²) < 4.78 is 23.3. The molecule has 0 aliphatic heterocycles. The highest BCUT2D eigenvalue weighted by atomic mass is 32.2. The predicted molar refractivity (Wildman–Crippen MR) is 65.5 cm³/mol. The van der Waals surface area contributed by atoms with Crippen LogP contribution < -0.4 is 0 Å². The lowest BCUT2D eigenvalue weighted by Gasteiger charge is -2.07. The molecule has 0 amide bonds. The molecule has 2 aromatic rings. The van der Waals surface area contributed by atoms with Gasteiger partial charge in [-0.2, -0.15) is 0 Å². The molecule has 0 saturated heterocycles. The molecule has 0 unspecified atom stereocenters. The Kier molecular flexibility index (Phi) is 2.90. The number of aromatic hydroxyl groups is 1. The molecule has 0 aliphatic carbocycles. The number of phenols is 1. The van der Waals surface area contributed by atoms with Crippen LogP contribution in [0.1, 0.15) is 0 Å². The third-order valence-electron chi connectivity index (χ3n) is 2.38. The zero-order chi connectivity index (χ0) is 12.5. The van der Waals surface area contributed by atoms with Crippen molar-refractivity contribution >= 4 is 9.84 Å². The third kappa shape index (κ3) is 2.47. The quantitative estimate of drug-likeness (QED) is 0.885. The summed E-state index contributed by atoms with van der Waals surface area (Å²) in [5.74, 6) is 0.106. The molecule has 17 heavy (non-hydrogen) atoms. The number of phenolic OH excluding ortho intramolecular Hbond substituents is 1. The van der Waals surface area contributed by atoms with Crippen LogP contribution in [0, 0.1) is 6.07 Å². The first-order valence-corrected chi connectivity index (χ1v) is 6.87. The molecule has 1 N–H and O–H groups in total. The molecular formula is C13H11O3S. The fraction of sp³-hybridized carbons (Fsp3) is 0.0769. The van der Waals surface area contributed by atoms with E-state index in [0.29, 0.717) is 11.1 Å². The SMILES string of the molecule is CS(=O)(=O)c1c[c]ccc1-c1cccc(O)c1. The first kappa shape index (κ1) is 11.7. The second-order valence-corrected chi connectivity index (χ2v) is 5.73. The number of hydrogen-bond acceptors (Lipinski definition) is 3. The van der Waals surface area contributed by atoms with E-state index in [1.165, 1.54) is 12.1 Å². The number of hydrogen-bond donors (Lipinski definition) is 1. The van der Waals surface area contributed by atoms with Crippen molar-refractivity contribution in [2.24, 2.45) is 0 Å².